The maximum atomic E-state index is 14.2. The van der Waals surface area contributed by atoms with Crippen LogP contribution in [0.3, 0.4) is 0 Å². The van der Waals surface area contributed by atoms with E-state index in [1.54, 1.807) is 36.4 Å². The van der Waals surface area contributed by atoms with E-state index in [-0.39, 0.29) is 29.1 Å². The van der Waals surface area contributed by atoms with Crippen molar-refractivity contribution in [3.05, 3.63) is 83.9 Å². The van der Waals surface area contributed by atoms with E-state index in [1.165, 1.54) is 17.0 Å². The molecule has 10 heteroatoms. The van der Waals surface area contributed by atoms with Crippen LogP contribution in [0.4, 0.5) is 5.69 Å². The predicted molar refractivity (Wildman–Crippen MR) is 162 cm³/mol. The van der Waals surface area contributed by atoms with Gasteiger partial charge in [0.15, 0.2) is 11.5 Å². The van der Waals surface area contributed by atoms with Gasteiger partial charge in [0.05, 0.1) is 10.6 Å². The van der Waals surface area contributed by atoms with Crippen molar-refractivity contribution in [1.29, 1.82) is 0 Å². The van der Waals surface area contributed by atoms with E-state index in [2.05, 4.69) is 5.32 Å². The fourth-order valence-electron chi connectivity index (χ4n) is 4.69. The largest absolute Gasteiger partial charge is 0.486 e. The lowest BCUT2D eigenvalue weighted by atomic mass is 10.1. The molecule has 224 valence electrons. The summed E-state index contributed by atoms with van der Waals surface area (Å²) < 4.78 is 40.4. The average Bonchev–Trinajstić information content (AvgIpc) is 3.00. The summed E-state index contributed by atoms with van der Waals surface area (Å²) in [5.41, 5.74) is 2.15. The Labute approximate surface area is 248 Å². The number of amides is 2. The molecule has 0 spiro atoms. The van der Waals surface area contributed by atoms with Crippen molar-refractivity contribution in [3.8, 4) is 11.5 Å². The molecule has 1 heterocycles. The minimum absolute atomic E-state index is 0.0410. The lowest BCUT2D eigenvalue weighted by Gasteiger charge is -2.34. The molecule has 2 amide bonds. The number of nitrogens with one attached hydrogen (secondary N) is 1. The van der Waals surface area contributed by atoms with Gasteiger partial charge in [0, 0.05) is 18.7 Å². The van der Waals surface area contributed by atoms with Crippen LogP contribution >= 0.6 is 0 Å². The lowest BCUT2D eigenvalue weighted by molar-refractivity contribution is -0.140. The van der Waals surface area contributed by atoms with Crippen LogP contribution in [-0.2, 0) is 26.2 Å². The summed E-state index contributed by atoms with van der Waals surface area (Å²) in [6.45, 7) is 8.04. The number of ether oxygens (including phenoxy) is 2. The lowest BCUT2D eigenvalue weighted by Crippen LogP contribution is -2.53. The number of anilines is 1. The zero-order valence-electron chi connectivity index (χ0n) is 24.6. The van der Waals surface area contributed by atoms with Crippen LogP contribution in [-0.4, -0.2) is 57.0 Å². The van der Waals surface area contributed by atoms with E-state index < -0.39 is 28.5 Å². The zero-order valence-corrected chi connectivity index (χ0v) is 25.4. The van der Waals surface area contributed by atoms with E-state index >= 15 is 0 Å². The fraction of sp³-hybridized carbons (Fsp3) is 0.375. The Hall–Kier alpha value is -4.05. The molecule has 1 aliphatic rings. The predicted octanol–water partition coefficient (Wildman–Crippen LogP) is 4.68. The van der Waals surface area contributed by atoms with Crippen molar-refractivity contribution < 1.29 is 27.5 Å². The number of nitrogens with zero attached hydrogens (tertiary/aromatic N) is 2. The highest BCUT2D eigenvalue weighted by molar-refractivity contribution is 7.92. The molecule has 1 aliphatic heterocycles. The number of carbonyl (C=O) groups is 2. The number of aryl methyl sites for hydroxylation is 1. The molecule has 4 rings (SSSR count). The first-order valence-corrected chi connectivity index (χ1v) is 15.7. The van der Waals surface area contributed by atoms with E-state index in [1.807, 2.05) is 52.0 Å². The summed E-state index contributed by atoms with van der Waals surface area (Å²) in [5, 5.41) is 2.99. The third kappa shape index (κ3) is 7.23. The summed E-state index contributed by atoms with van der Waals surface area (Å²) in [6, 6.07) is 19.6. The Balaban J connectivity index is 1.75. The SMILES string of the molecule is CCC(C)NC(=O)C(CC)N(Cc1ccc(C)cc1)C(=O)CN(c1ccc2c(c1)OCCO2)S(=O)(=O)c1ccccc1. The van der Waals surface area contributed by atoms with Crippen molar-refractivity contribution in [1.82, 2.24) is 10.2 Å². The molecule has 2 unspecified atom stereocenters. The highest BCUT2D eigenvalue weighted by atomic mass is 32.2. The van der Waals surface area contributed by atoms with E-state index in [9.17, 15) is 18.0 Å². The van der Waals surface area contributed by atoms with Gasteiger partial charge in [-0.15, -0.1) is 0 Å². The molecule has 2 atom stereocenters. The number of carbonyl (C=O) groups excluding carboxylic acids is 2. The van der Waals surface area contributed by atoms with E-state index in [4.69, 9.17) is 9.47 Å². The Morgan fingerprint density at radius 1 is 0.905 bits per heavy atom. The summed E-state index contributed by atoms with van der Waals surface area (Å²) >= 11 is 0. The van der Waals surface area contributed by atoms with Crippen LogP contribution in [0.2, 0.25) is 0 Å². The maximum Gasteiger partial charge on any atom is 0.264 e. The third-order valence-electron chi connectivity index (χ3n) is 7.28. The zero-order chi connectivity index (χ0) is 30.3. The standard InChI is InChI=1S/C32H39N3O6S/c1-5-24(4)33-32(37)28(6-2)34(21-25-14-12-23(3)13-15-25)31(36)22-35(42(38,39)27-10-8-7-9-11-27)26-16-17-29-30(20-26)41-19-18-40-29/h7-17,20,24,28H,5-6,18-19,21-22H2,1-4H3,(H,33,37). The molecular weight excluding hydrogens is 554 g/mol. The summed E-state index contributed by atoms with van der Waals surface area (Å²) in [7, 11) is -4.17. The number of hydrogen-bond donors (Lipinski definition) is 1. The van der Waals surface area contributed by atoms with Crippen LogP contribution in [0.1, 0.15) is 44.7 Å². The van der Waals surface area contributed by atoms with Crippen molar-refractivity contribution in [3.63, 3.8) is 0 Å². The van der Waals surface area contributed by atoms with E-state index in [0.29, 0.717) is 31.1 Å². The summed E-state index contributed by atoms with van der Waals surface area (Å²) in [5.74, 6) is 0.123. The second kappa shape index (κ2) is 13.7. The van der Waals surface area contributed by atoms with E-state index in [0.717, 1.165) is 21.9 Å². The van der Waals surface area contributed by atoms with Gasteiger partial charge in [-0.05, 0) is 56.5 Å². The molecule has 0 saturated heterocycles. The van der Waals surface area contributed by atoms with Crippen molar-refractivity contribution in [2.75, 3.05) is 24.1 Å². The van der Waals surface area contributed by atoms with Crippen LogP contribution in [0.5, 0.6) is 11.5 Å². The van der Waals surface area contributed by atoms with Gasteiger partial charge in [-0.2, -0.15) is 0 Å². The molecule has 3 aromatic rings. The second-order valence-corrected chi connectivity index (χ2v) is 12.3. The second-order valence-electron chi connectivity index (χ2n) is 10.4. The van der Waals surface area contributed by atoms with Gasteiger partial charge in [0.25, 0.3) is 10.0 Å². The smallest absolute Gasteiger partial charge is 0.264 e. The third-order valence-corrected chi connectivity index (χ3v) is 9.07. The summed E-state index contributed by atoms with van der Waals surface area (Å²) in [6.07, 6.45) is 1.09. The molecule has 0 bridgehead atoms. The Morgan fingerprint density at radius 2 is 1.57 bits per heavy atom. The first kappa shape index (κ1) is 30.9. The Morgan fingerprint density at radius 3 is 2.21 bits per heavy atom. The minimum Gasteiger partial charge on any atom is -0.486 e. The molecule has 0 aliphatic carbocycles. The van der Waals surface area contributed by atoms with Gasteiger partial charge >= 0.3 is 0 Å². The molecular formula is C32H39N3O6S. The van der Waals surface area contributed by atoms with Crippen molar-refractivity contribution >= 4 is 27.5 Å². The van der Waals surface area contributed by atoms with Gasteiger partial charge in [-0.1, -0.05) is 61.9 Å². The Bertz CT molecular complexity index is 1480. The number of benzene rings is 3. The minimum atomic E-state index is -4.17. The molecule has 0 saturated carbocycles. The quantitative estimate of drug-likeness (QED) is 0.327. The average molecular weight is 594 g/mol. The van der Waals surface area contributed by atoms with Crippen LogP contribution < -0.4 is 19.1 Å². The Kier molecular flexibility index (Phi) is 10.1. The van der Waals surface area contributed by atoms with Gasteiger partial charge < -0.3 is 19.7 Å². The first-order valence-electron chi connectivity index (χ1n) is 14.3. The number of sulfonamides is 1. The fourth-order valence-corrected chi connectivity index (χ4v) is 6.11. The molecule has 1 N–H and O–H groups in total. The monoisotopic (exact) mass is 593 g/mol. The van der Waals surface area contributed by atoms with Gasteiger partial charge in [-0.25, -0.2) is 8.42 Å². The summed E-state index contributed by atoms with van der Waals surface area (Å²) in [4.78, 5) is 29.1. The van der Waals surface area contributed by atoms with Gasteiger partial charge in [0.1, 0.15) is 25.8 Å². The molecule has 0 aromatic heterocycles. The number of hydrogen-bond acceptors (Lipinski definition) is 6. The maximum absolute atomic E-state index is 14.2. The molecule has 42 heavy (non-hydrogen) atoms. The number of fused-ring (bicyclic) bond motifs is 1. The van der Waals surface area contributed by atoms with Crippen LogP contribution in [0.25, 0.3) is 0 Å². The van der Waals surface area contributed by atoms with Gasteiger partial charge in [0.2, 0.25) is 11.8 Å². The van der Waals surface area contributed by atoms with Crippen molar-refractivity contribution in [2.45, 2.75) is 64.1 Å². The molecule has 0 radical (unpaired) electrons. The molecule has 9 nitrogen and oxygen atoms in total. The van der Waals surface area contributed by atoms with Crippen LogP contribution in [0.15, 0.2) is 77.7 Å². The molecule has 3 aromatic carbocycles. The highest BCUT2D eigenvalue weighted by Gasteiger charge is 2.34. The van der Waals surface area contributed by atoms with Gasteiger partial charge in [-0.3, -0.25) is 13.9 Å². The van der Waals surface area contributed by atoms with Crippen LogP contribution in [0, 0.1) is 6.92 Å². The first-order chi connectivity index (χ1) is 20.1. The topological polar surface area (TPSA) is 105 Å². The highest BCUT2D eigenvalue weighted by Crippen LogP contribution is 2.36. The molecule has 0 fully saturated rings. The normalized spacial score (nSPS) is 14.0. The number of rotatable bonds is 12. The van der Waals surface area contributed by atoms with Crippen molar-refractivity contribution in [2.24, 2.45) is 0 Å².